The van der Waals surface area contributed by atoms with Gasteiger partial charge in [-0.25, -0.2) is 18.7 Å². The van der Waals surface area contributed by atoms with Crippen LogP contribution in [-0.4, -0.2) is 70.0 Å². The molecule has 0 saturated carbocycles. The summed E-state index contributed by atoms with van der Waals surface area (Å²) in [5.41, 5.74) is 1.44. The molecule has 1 aromatic carbocycles. The monoisotopic (exact) mass is 591 g/mol. The second kappa shape index (κ2) is 9.49. The Bertz CT molecular complexity index is 1600. The van der Waals surface area contributed by atoms with Crippen LogP contribution in [0.1, 0.15) is 43.7 Å². The lowest BCUT2D eigenvalue weighted by molar-refractivity contribution is -0.137. The van der Waals surface area contributed by atoms with Gasteiger partial charge in [0, 0.05) is 43.4 Å². The van der Waals surface area contributed by atoms with Crippen LogP contribution in [0.3, 0.4) is 0 Å². The van der Waals surface area contributed by atoms with Crippen LogP contribution in [0.2, 0.25) is 0 Å². The summed E-state index contributed by atoms with van der Waals surface area (Å²) in [7, 11) is 0. The zero-order valence-corrected chi connectivity index (χ0v) is 23.0. The van der Waals surface area contributed by atoms with E-state index in [-0.39, 0.29) is 53.5 Å². The van der Waals surface area contributed by atoms with Crippen LogP contribution < -0.4 is 25.6 Å². The van der Waals surface area contributed by atoms with Crippen LogP contribution in [0.4, 0.5) is 39.4 Å². The summed E-state index contributed by atoms with van der Waals surface area (Å²) >= 11 is 0. The molecule has 14 heteroatoms. The highest BCUT2D eigenvalue weighted by atomic mass is 19.4. The third kappa shape index (κ3) is 3.98. The van der Waals surface area contributed by atoms with Crippen molar-refractivity contribution in [1.82, 2.24) is 20.3 Å². The van der Waals surface area contributed by atoms with Crippen molar-refractivity contribution < 1.29 is 31.8 Å². The fourth-order valence-corrected chi connectivity index (χ4v) is 7.13. The lowest BCUT2D eigenvalue weighted by Gasteiger charge is -2.44. The highest BCUT2D eigenvalue weighted by molar-refractivity contribution is 5.98. The van der Waals surface area contributed by atoms with Gasteiger partial charge in [-0.05, 0) is 51.2 Å². The number of rotatable bonds is 4. The number of anilines is 3. The lowest BCUT2D eigenvalue weighted by Crippen LogP contribution is -2.62. The van der Waals surface area contributed by atoms with Crippen LogP contribution >= 0.6 is 0 Å². The predicted octanol–water partition coefficient (Wildman–Crippen LogP) is 3.93. The molecule has 0 aliphatic carbocycles. The summed E-state index contributed by atoms with van der Waals surface area (Å²) in [5, 5.41) is 13.3. The molecule has 4 aliphatic rings. The van der Waals surface area contributed by atoms with Gasteiger partial charge in [-0.3, -0.25) is 0 Å². The Balaban J connectivity index is 1.52. The molecule has 0 spiro atoms. The van der Waals surface area contributed by atoms with Gasteiger partial charge in [0.25, 0.3) is 0 Å². The number of aliphatic hydroxyl groups excluding tert-OH is 1. The number of nitrogens with two attached hydrogens (primary N) is 1. The number of pyridine rings is 1. The zero-order valence-electron chi connectivity index (χ0n) is 23.0. The minimum atomic E-state index is -5.03. The topological polar surface area (TPSA) is 113 Å². The molecular weight excluding hydrogens is 561 g/mol. The highest BCUT2D eigenvalue weighted by Gasteiger charge is 2.48. The minimum absolute atomic E-state index is 0.0473. The van der Waals surface area contributed by atoms with Crippen LogP contribution in [0.15, 0.2) is 6.07 Å². The highest BCUT2D eigenvalue weighted by Crippen LogP contribution is 2.47. The maximum atomic E-state index is 16.6. The molecule has 2 aromatic heterocycles. The Hall–Kier alpha value is -3.52. The van der Waals surface area contributed by atoms with E-state index < -0.39 is 52.0 Å². The van der Waals surface area contributed by atoms with Crippen LogP contribution in [0.25, 0.3) is 22.2 Å². The number of benzene rings is 1. The van der Waals surface area contributed by atoms with Gasteiger partial charge in [-0.2, -0.15) is 18.2 Å². The Morgan fingerprint density at radius 3 is 2.60 bits per heavy atom. The average Bonchev–Trinajstić information content (AvgIpc) is 3.24. The summed E-state index contributed by atoms with van der Waals surface area (Å²) in [6.45, 7) is 3.91. The molecule has 224 valence electrons. The number of nitrogens with zero attached hydrogens (tertiary/aromatic N) is 5. The van der Waals surface area contributed by atoms with Gasteiger partial charge in [0.05, 0.1) is 17.3 Å². The van der Waals surface area contributed by atoms with E-state index in [9.17, 15) is 22.7 Å². The van der Waals surface area contributed by atoms with Crippen molar-refractivity contribution in [3.63, 3.8) is 0 Å². The van der Waals surface area contributed by atoms with Crippen molar-refractivity contribution in [2.75, 3.05) is 35.2 Å². The molecule has 4 aliphatic heterocycles. The van der Waals surface area contributed by atoms with Gasteiger partial charge in [0.15, 0.2) is 5.82 Å². The Labute approximate surface area is 237 Å². The zero-order chi connectivity index (χ0) is 29.7. The molecule has 3 fully saturated rings. The number of hydrogen-bond acceptors (Lipinski definition) is 9. The van der Waals surface area contributed by atoms with E-state index in [2.05, 4.69) is 20.2 Å². The number of piperazine rings is 1. The molecule has 4 N–H and O–H groups in total. The van der Waals surface area contributed by atoms with Gasteiger partial charge in [0.2, 0.25) is 11.8 Å². The molecule has 42 heavy (non-hydrogen) atoms. The Morgan fingerprint density at radius 1 is 1.12 bits per heavy atom. The van der Waals surface area contributed by atoms with E-state index in [1.165, 1.54) is 0 Å². The molecule has 3 saturated heterocycles. The number of hydrogen-bond donors (Lipinski definition) is 3. The first-order valence-corrected chi connectivity index (χ1v) is 14.1. The normalized spacial score (nSPS) is 26.6. The number of nitrogen functional groups attached to an aromatic ring is 1. The van der Waals surface area contributed by atoms with Crippen LogP contribution in [0, 0.1) is 18.6 Å². The van der Waals surface area contributed by atoms with Crippen molar-refractivity contribution in [3.8, 4) is 17.1 Å². The number of aliphatic hydroxyl groups is 1. The van der Waals surface area contributed by atoms with E-state index in [1.54, 1.807) is 0 Å². The summed E-state index contributed by atoms with van der Waals surface area (Å²) < 4.78 is 80.5. The van der Waals surface area contributed by atoms with Gasteiger partial charge in [-0.15, -0.1) is 0 Å². The quantitative estimate of drug-likeness (QED) is 0.307. The van der Waals surface area contributed by atoms with E-state index >= 15 is 4.39 Å². The van der Waals surface area contributed by atoms with Crippen LogP contribution in [0.5, 0.6) is 5.88 Å². The molecule has 6 heterocycles. The molecular formula is C28H30F5N7O2. The summed E-state index contributed by atoms with van der Waals surface area (Å²) in [5.74, 6) is -1.80. The molecule has 0 amide bonds. The molecule has 9 nitrogen and oxygen atoms in total. The summed E-state index contributed by atoms with van der Waals surface area (Å²) in [4.78, 5) is 17.7. The maximum Gasteiger partial charge on any atom is 0.417 e. The molecule has 5 atom stereocenters. The van der Waals surface area contributed by atoms with Crippen molar-refractivity contribution in [2.24, 2.45) is 0 Å². The fourth-order valence-electron chi connectivity index (χ4n) is 7.13. The first kappa shape index (κ1) is 27.3. The smallest absolute Gasteiger partial charge is 0.417 e. The number of alkyl halides is 3. The van der Waals surface area contributed by atoms with Crippen molar-refractivity contribution in [2.45, 2.75) is 76.0 Å². The summed E-state index contributed by atoms with van der Waals surface area (Å²) in [6, 6.07) is 0.756. The molecule has 7 rings (SSSR count). The van der Waals surface area contributed by atoms with Gasteiger partial charge >= 0.3 is 6.18 Å². The number of fused-ring (bicyclic) bond motifs is 5. The lowest BCUT2D eigenvalue weighted by atomic mass is 9.96. The summed E-state index contributed by atoms with van der Waals surface area (Å²) in [6.07, 6.45) is -2.40. The third-order valence-electron chi connectivity index (χ3n) is 9.17. The number of aromatic nitrogens is 3. The number of ether oxygens (including phenoxy) is 1. The fraction of sp³-hybridized carbons (Fsp3) is 0.536. The number of halogens is 5. The van der Waals surface area contributed by atoms with E-state index in [0.29, 0.717) is 25.3 Å². The first-order chi connectivity index (χ1) is 20.0. The van der Waals surface area contributed by atoms with E-state index in [4.69, 9.17) is 15.5 Å². The van der Waals surface area contributed by atoms with E-state index in [0.717, 1.165) is 32.3 Å². The van der Waals surface area contributed by atoms with Gasteiger partial charge in [0.1, 0.15) is 34.3 Å². The predicted molar refractivity (Wildman–Crippen MR) is 145 cm³/mol. The largest absolute Gasteiger partial charge is 0.472 e. The minimum Gasteiger partial charge on any atom is -0.472 e. The van der Waals surface area contributed by atoms with Crippen molar-refractivity contribution in [1.29, 1.82) is 0 Å². The van der Waals surface area contributed by atoms with Gasteiger partial charge < -0.3 is 30.7 Å². The third-order valence-corrected chi connectivity index (χ3v) is 9.17. The van der Waals surface area contributed by atoms with E-state index in [1.807, 2.05) is 11.8 Å². The molecule has 2 bridgehead atoms. The SMILES string of the molecule is Cc1c(F)c(N)cc(-c2nc3c4c(nc(N5CC[C@H]5CCO)nc4c2F)N2C[C@H]4CC[C@H](N4)[C@H]2[C@H](C)O3)c1C(F)(F)F. The molecule has 0 unspecified atom stereocenters. The van der Waals surface area contributed by atoms with Crippen LogP contribution in [-0.2, 0) is 6.18 Å². The first-order valence-electron chi connectivity index (χ1n) is 14.1. The number of nitrogens with one attached hydrogen (secondary N) is 1. The second-order valence-corrected chi connectivity index (χ2v) is 11.6. The second-order valence-electron chi connectivity index (χ2n) is 11.6. The Kier molecular flexibility index (Phi) is 6.18. The molecule has 0 radical (unpaired) electrons. The van der Waals surface area contributed by atoms with Crippen molar-refractivity contribution >= 4 is 28.4 Å². The standard InChI is InChI=1S/C28H30F5N7O2/c1-11-19(28(31,32)33)15(9-16(34)20(11)29)22-21(30)23-18-25(38-27(37-23)39-7-5-14(39)6-8-41)40-10-13-3-4-17(35-13)24(40)12(2)42-26(18)36-22/h9,12-14,17,24,35,41H,3-8,10,34H2,1-2H3/t12-,13+,14-,17-,24+/m0/s1. The van der Waals surface area contributed by atoms with Crippen molar-refractivity contribution in [3.05, 3.63) is 28.8 Å². The van der Waals surface area contributed by atoms with Gasteiger partial charge in [-0.1, -0.05) is 0 Å². The average molecular weight is 592 g/mol. The Morgan fingerprint density at radius 2 is 1.90 bits per heavy atom. The molecule has 3 aromatic rings. The maximum absolute atomic E-state index is 16.6.